The second-order valence-corrected chi connectivity index (χ2v) is 6.77. The highest BCUT2D eigenvalue weighted by molar-refractivity contribution is 5.82. The van der Waals surface area contributed by atoms with Crippen LogP contribution in [0, 0.1) is 0 Å². The fourth-order valence-electron chi connectivity index (χ4n) is 3.46. The van der Waals surface area contributed by atoms with E-state index >= 15 is 0 Å². The molecule has 4 rings (SSSR count). The van der Waals surface area contributed by atoms with Crippen LogP contribution < -0.4 is 15.7 Å². The Balaban J connectivity index is 1.43. The number of benzene rings is 1. The van der Waals surface area contributed by atoms with Crippen molar-refractivity contribution in [3.63, 3.8) is 0 Å². The van der Waals surface area contributed by atoms with Gasteiger partial charge in [0, 0.05) is 29.8 Å². The number of anilines is 1. The van der Waals surface area contributed by atoms with Crippen LogP contribution in [0.1, 0.15) is 24.0 Å². The smallest absolute Gasteiger partial charge is 0.339 e. The summed E-state index contributed by atoms with van der Waals surface area (Å²) in [4.78, 5) is 16.4. The van der Waals surface area contributed by atoms with E-state index in [1.54, 1.807) is 12.3 Å². The lowest BCUT2D eigenvalue weighted by Crippen LogP contribution is -2.26. The Hall–Kier alpha value is -2.86. The minimum absolute atomic E-state index is 0.126. The highest BCUT2D eigenvalue weighted by atomic mass is 16.5. The van der Waals surface area contributed by atoms with Crippen LogP contribution in [0.2, 0.25) is 0 Å². The third-order valence-corrected chi connectivity index (χ3v) is 4.82. The number of aromatic nitrogens is 1. The van der Waals surface area contributed by atoms with E-state index in [2.05, 4.69) is 10.3 Å². The molecule has 27 heavy (non-hydrogen) atoms. The molecular weight excluding hydrogens is 344 g/mol. The molecule has 3 aromatic rings. The Kier molecular flexibility index (Phi) is 5.07. The molecule has 0 radical (unpaired) electrons. The van der Waals surface area contributed by atoms with Crippen molar-refractivity contribution in [2.75, 3.05) is 18.5 Å². The summed E-state index contributed by atoms with van der Waals surface area (Å²) in [6, 6.07) is 11.1. The first-order valence-electron chi connectivity index (χ1n) is 9.25. The van der Waals surface area contributed by atoms with Gasteiger partial charge in [-0.15, -0.1) is 0 Å². The van der Waals surface area contributed by atoms with Crippen LogP contribution in [0.3, 0.4) is 0 Å². The third kappa shape index (κ3) is 3.95. The fourth-order valence-corrected chi connectivity index (χ4v) is 3.46. The second-order valence-electron chi connectivity index (χ2n) is 6.77. The Morgan fingerprint density at radius 1 is 1.19 bits per heavy atom. The molecule has 6 nitrogen and oxygen atoms in total. The number of nitrogens with one attached hydrogen (secondary N) is 1. The van der Waals surface area contributed by atoms with Crippen LogP contribution in [0.15, 0.2) is 51.8 Å². The van der Waals surface area contributed by atoms with Gasteiger partial charge in [-0.05, 0) is 55.5 Å². The molecule has 0 fully saturated rings. The van der Waals surface area contributed by atoms with Crippen LogP contribution in [0.4, 0.5) is 5.82 Å². The van der Waals surface area contributed by atoms with Crippen molar-refractivity contribution in [3.8, 4) is 5.75 Å². The number of aryl methyl sites for hydroxylation is 1. The third-order valence-electron chi connectivity index (χ3n) is 4.82. The highest BCUT2D eigenvalue weighted by Gasteiger charge is 2.18. The normalized spacial score (nSPS) is 14.6. The van der Waals surface area contributed by atoms with E-state index in [-0.39, 0.29) is 12.2 Å². The van der Waals surface area contributed by atoms with Gasteiger partial charge in [-0.3, -0.25) is 0 Å². The van der Waals surface area contributed by atoms with Crippen molar-refractivity contribution in [1.82, 2.24) is 4.98 Å². The van der Waals surface area contributed by atoms with E-state index in [4.69, 9.17) is 9.15 Å². The van der Waals surface area contributed by atoms with Crippen LogP contribution in [-0.2, 0) is 12.8 Å². The predicted molar refractivity (Wildman–Crippen MR) is 103 cm³/mol. The second kappa shape index (κ2) is 7.80. The van der Waals surface area contributed by atoms with E-state index in [1.807, 2.05) is 30.3 Å². The van der Waals surface area contributed by atoms with Gasteiger partial charge in [0.2, 0.25) is 0 Å². The molecule has 0 amide bonds. The molecule has 140 valence electrons. The number of hydrogen-bond acceptors (Lipinski definition) is 6. The Bertz CT molecular complexity index is 985. The largest absolute Gasteiger partial charge is 0.491 e. The zero-order valence-corrected chi connectivity index (χ0v) is 15.0. The molecule has 0 saturated heterocycles. The van der Waals surface area contributed by atoms with Gasteiger partial charge in [-0.2, -0.15) is 0 Å². The molecule has 0 spiro atoms. The molecule has 1 atom stereocenters. The zero-order valence-electron chi connectivity index (χ0n) is 15.0. The van der Waals surface area contributed by atoms with Gasteiger partial charge in [0.1, 0.15) is 29.9 Å². The predicted octanol–water partition coefficient (Wildman–Crippen LogP) is 2.92. The summed E-state index contributed by atoms with van der Waals surface area (Å²) in [7, 11) is 0. The number of rotatable bonds is 6. The molecule has 2 heterocycles. The van der Waals surface area contributed by atoms with E-state index < -0.39 is 6.10 Å². The standard InChI is InChI=1S/C21H22N2O4/c24-14(12-23-20-7-3-4-10-22-20)13-26-15-8-9-17-16-5-1-2-6-18(16)21(25)27-19(17)11-15/h3-4,7-11,14,24H,1-2,5-6,12-13H2,(H,22,23). The molecule has 0 saturated carbocycles. The van der Waals surface area contributed by atoms with Crippen molar-refractivity contribution in [1.29, 1.82) is 0 Å². The van der Waals surface area contributed by atoms with Gasteiger partial charge < -0.3 is 19.6 Å². The highest BCUT2D eigenvalue weighted by Crippen LogP contribution is 2.29. The number of fused-ring (bicyclic) bond motifs is 3. The maximum Gasteiger partial charge on any atom is 0.339 e. The maximum atomic E-state index is 12.2. The SMILES string of the molecule is O=c1oc2cc(OCC(O)CNc3ccccn3)ccc2c2c1CCCC2. The first kappa shape index (κ1) is 17.5. The number of aliphatic hydroxyl groups excluding tert-OH is 1. The monoisotopic (exact) mass is 366 g/mol. The van der Waals surface area contributed by atoms with Gasteiger partial charge in [0.15, 0.2) is 0 Å². The van der Waals surface area contributed by atoms with Crippen molar-refractivity contribution in [3.05, 3.63) is 64.1 Å². The summed E-state index contributed by atoms with van der Waals surface area (Å²) < 4.78 is 11.2. The maximum absolute atomic E-state index is 12.2. The van der Waals surface area contributed by atoms with E-state index in [9.17, 15) is 9.90 Å². The van der Waals surface area contributed by atoms with E-state index in [0.29, 0.717) is 23.7 Å². The van der Waals surface area contributed by atoms with Crippen LogP contribution in [0.25, 0.3) is 11.0 Å². The van der Waals surface area contributed by atoms with Crippen molar-refractivity contribution in [2.24, 2.45) is 0 Å². The summed E-state index contributed by atoms with van der Waals surface area (Å²) in [5.74, 6) is 1.27. The summed E-state index contributed by atoms with van der Waals surface area (Å²) in [6.07, 6.45) is 4.83. The molecule has 1 aromatic carbocycles. The van der Waals surface area contributed by atoms with Gasteiger partial charge in [0.05, 0.1) is 0 Å². The van der Waals surface area contributed by atoms with Crippen molar-refractivity contribution in [2.45, 2.75) is 31.8 Å². The molecule has 2 aromatic heterocycles. The number of pyridine rings is 1. The quantitative estimate of drug-likeness (QED) is 0.653. The van der Waals surface area contributed by atoms with Gasteiger partial charge in [0.25, 0.3) is 0 Å². The van der Waals surface area contributed by atoms with Crippen LogP contribution in [-0.4, -0.2) is 29.3 Å². The lowest BCUT2D eigenvalue weighted by atomic mass is 9.91. The summed E-state index contributed by atoms with van der Waals surface area (Å²) >= 11 is 0. The number of aliphatic hydroxyl groups is 1. The zero-order chi connectivity index (χ0) is 18.6. The number of hydrogen-bond donors (Lipinski definition) is 2. The fraction of sp³-hybridized carbons (Fsp3) is 0.333. The summed E-state index contributed by atoms with van der Waals surface area (Å²) in [6.45, 7) is 0.452. The average molecular weight is 366 g/mol. The molecule has 0 aliphatic heterocycles. The Labute approximate surface area is 156 Å². The van der Waals surface area contributed by atoms with E-state index in [0.717, 1.165) is 42.2 Å². The molecule has 0 bridgehead atoms. The summed E-state index contributed by atoms with van der Waals surface area (Å²) in [5.41, 5.74) is 2.23. The topological polar surface area (TPSA) is 84.6 Å². The van der Waals surface area contributed by atoms with E-state index in [1.165, 1.54) is 0 Å². The minimum atomic E-state index is -0.696. The summed E-state index contributed by atoms with van der Waals surface area (Å²) in [5, 5.41) is 14.1. The molecule has 1 aliphatic carbocycles. The molecule has 6 heteroatoms. The van der Waals surface area contributed by atoms with Crippen LogP contribution in [0.5, 0.6) is 5.75 Å². The van der Waals surface area contributed by atoms with Crippen LogP contribution >= 0.6 is 0 Å². The van der Waals surface area contributed by atoms with Gasteiger partial charge in [-0.1, -0.05) is 6.07 Å². The lowest BCUT2D eigenvalue weighted by molar-refractivity contribution is 0.117. The Morgan fingerprint density at radius 3 is 2.85 bits per heavy atom. The first-order chi connectivity index (χ1) is 13.2. The average Bonchev–Trinajstić information content (AvgIpc) is 2.71. The number of ether oxygens (including phenoxy) is 1. The molecule has 1 aliphatic rings. The minimum Gasteiger partial charge on any atom is -0.491 e. The van der Waals surface area contributed by atoms with Gasteiger partial charge in [-0.25, -0.2) is 9.78 Å². The molecule has 2 N–H and O–H groups in total. The molecular formula is C21H22N2O4. The van der Waals surface area contributed by atoms with Crippen molar-refractivity contribution < 1.29 is 14.3 Å². The van der Waals surface area contributed by atoms with Crippen molar-refractivity contribution >= 4 is 16.8 Å². The Morgan fingerprint density at radius 2 is 2.04 bits per heavy atom. The molecule has 1 unspecified atom stereocenters. The first-order valence-corrected chi connectivity index (χ1v) is 9.25. The van der Waals surface area contributed by atoms with Gasteiger partial charge >= 0.3 is 5.63 Å². The number of nitrogens with zero attached hydrogens (tertiary/aromatic N) is 1. The lowest BCUT2D eigenvalue weighted by Gasteiger charge is -2.17.